The average molecular weight is 467 g/mol. The molecule has 0 bridgehead atoms. The summed E-state index contributed by atoms with van der Waals surface area (Å²) < 4.78 is 7.05. The van der Waals surface area contributed by atoms with E-state index in [0.717, 1.165) is 0 Å². The van der Waals surface area contributed by atoms with Crippen LogP contribution in [0.1, 0.15) is 6.42 Å². The molecule has 0 saturated carbocycles. The van der Waals surface area contributed by atoms with E-state index in [0.29, 0.717) is 0 Å². The molecular weight excluding hydrogens is 446 g/mol. The van der Waals surface area contributed by atoms with Crippen molar-refractivity contribution in [3.8, 4) is 0 Å². The molecule has 0 N–H and O–H groups in total. The summed E-state index contributed by atoms with van der Waals surface area (Å²) in [6.45, 7) is 2.53. The number of rotatable bonds is 2. The Hall–Kier alpha value is 0.367. The first-order valence-electron chi connectivity index (χ1n) is 5.88. The molecule has 1 aromatic carbocycles. The van der Waals surface area contributed by atoms with E-state index in [2.05, 4.69) is 64.5 Å². The van der Waals surface area contributed by atoms with Crippen molar-refractivity contribution in [1.29, 1.82) is 0 Å². The van der Waals surface area contributed by atoms with Crippen molar-refractivity contribution >= 4 is 35.5 Å². The molecule has 0 spiro atoms. The summed E-state index contributed by atoms with van der Waals surface area (Å²) in [5, 5.41) is 1.63. The topological polar surface area (TPSA) is 0 Å². The van der Waals surface area contributed by atoms with Crippen LogP contribution >= 0.6 is 24.8 Å². The molecule has 1 aromatic rings. The minimum Gasteiger partial charge on any atom is -0.147 e. The molecule has 0 fully saturated rings. The van der Waals surface area contributed by atoms with Crippen LogP contribution < -0.4 is 5.19 Å². The predicted molar refractivity (Wildman–Crippen MR) is 85.8 cm³/mol. The summed E-state index contributed by atoms with van der Waals surface area (Å²) in [5.41, 5.74) is -0.312. The zero-order valence-electron chi connectivity index (χ0n) is 11.1. The number of hydrogen-bond acceptors (Lipinski definition) is 0. The van der Waals surface area contributed by atoms with Crippen LogP contribution in [0.5, 0.6) is 0 Å². The Morgan fingerprint density at radius 3 is 2.17 bits per heavy atom. The van der Waals surface area contributed by atoms with E-state index in [4.69, 9.17) is 0 Å². The van der Waals surface area contributed by atoms with Crippen LogP contribution in [0.25, 0.3) is 0 Å². The second kappa shape index (κ2) is 7.84. The van der Waals surface area contributed by atoms with Crippen LogP contribution in [0.4, 0.5) is 0 Å². The van der Waals surface area contributed by atoms with Gasteiger partial charge in [-0.15, -0.1) is 24.8 Å². The van der Waals surface area contributed by atoms with Crippen LogP contribution in [-0.4, -0.2) is 5.49 Å². The van der Waals surface area contributed by atoms with Gasteiger partial charge in [0.2, 0.25) is 0 Å². The van der Waals surface area contributed by atoms with Crippen molar-refractivity contribution in [2.45, 2.75) is 22.3 Å². The third-order valence-electron chi connectivity index (χ3n) is 3.72. The molecule has 0 unspecified atom stereocenters. The van der Waals surface area contributed by atoms with E-state index >= 15 is 0 Å². The first-order valence-corrected chi connectivity index (χ1v) is 22.2. The first-order chi connectivity index (χ1) is 7.62. The van der Waals surface area contributed by atoms with Gasteiger partial charge >= 0.3 is 103 Å². The van der Waals surface area contributed by atoms with Gasteiger partial charge in [0.25, 0.3) is 0 Å². The van der Waals surface area contributed by atoms with Gasteiger partial charge < -0.3 is 0 Å². The monoisotopic (exact) mass is 467 g/mol. The van der Waals surface area contributed by atoms with Gasteiger partial charge in [0.15, 0.2) is 0 Å². The largest absolute Gasteiger partial charge is 0.147 e. The summed E-state index contributed by atoms with van der Waals surface area (Å²) in [7, 11) is 0. The molecule has 0 atom stereocenters. The van der Waals surface area contributed by atoms with Crippen molar-refractivity contribution in [1.82, 2.24) is 0 Å². The Kier molecular flexibility index (Phi) is 8.00. The van der Waals surface area contributed by atoms with Crippen LogP contribution in [0, 0.1) is 0 Å². The fourth-order valence-electron chi connectivity index (χ4n) is 2.20. The Morgan fingerprint density at radius 1 is 1.06 bits per heavy atom. The second-order valence-electron chi connectivity index (χ2n) is 4.94. The van der Waals surface area contributed by atoms with Gasteiger partial charge in [-0.25, -0.2) is 0 Å². The van der Waals surface area contributed by atoms with Crippen molar-refractivity contribution in [2.75, 3.05) is 0 Å². The van der Waals surface area contributed by atoms with E-state index in [1.54, 1.807) is 5.19 Å². The Labute approximate surface area is 127 Å². The molecule has 0 aromatic heterocycles. The van der Waals surface area contributed by atoms with Gasteiger partial charge in [-0.3, -0.25) is 0 Å². The molecule has 2 rings (SSSR count). The van der Waals surface area contributed by atoms with Crippen LogP contribution in [-0.2, 0) is 18.6 Å². The van der Waals surface area contributed by atoms with Gasteiger partial charge in [-0.05, 0) is 0 Å². The number of hydrogen-bond donors (Lipinski definition) is 0. The van der Waals surface area contributed by atoms with Gasteiger partial charge in [0, 0.05) is 0 Å². The van der Waals surface area contributed by atoms with Crippen LogP contribution in [0.15, 0.2) is 51.9 Å². The van der Waals surface area contributed by atoms with E-state index in [9.17, 15) is 0 Å². The minimum atomic E-state index is -2.15. The molecule has 0 radical (unpaired) electrons. The Bertz CT molecular complexity index is 498. The van der Waals surface area contributed by atoms with Gasteiger partial charge in [0.05, 0.1) is 0 Å². The summed E-state index contributed by atoms with van der Waals surface area (Å²) >= 11 is -2.15. The summed E-state index contributed by atoms with van der Waals surface area (Å²) in [4.78, 5) is 0. The maximum Gasteiger partial charge on any atom is -0.147 e. The normalized spacial score (nSPS) is 13.4. The zero-order chi connectivity index (χ0) is 11.6. The molecule has 1 aliphatic rings. The number of allylic oxidation sites excluding steroid dienone is 4. The van der Waals surface area contributed by atoms with E-state index < -0.39 is 18.6 Å². The molecule has 4 heteroatoms. The standard InChI is InChI=1S/C7H8Si.C5H5.2CH3.2ClH.Hf/c1-8-7-5-3-2-4-6-7;1-2-4-5-3-1;;;;;/h2-6H,1H3;1-3H,4H2;2*1H3;2*1H;. The molecule has 1 aliphatic carbocycles. The van der Waals surface area contributed by atoms with Gasteiger partial charge in [0.1, 0.15) is 0 Å². The van der Waals surface area contributed by atoms with Crippen LogP contribution in [0.2, 0.25) is 15.9 Å². The SMILES string of the molecule is C[Si](c1ccccc1)=[Hf]([CH3])([CH3])[C]1=CC=CC1.Cl.Cl. The molecular formula is C14H21Cl2HfSi. The quantitative estimate of drug-likeness (QED) is 0.565. The van der Waals surface area contributed by atoms with Crippen molar-refractivity contribution < 1.29 is 18.6 Å². The fourth-order valence-corrected chi connectivity index (χ4v) is 24.5. The van der Waals surface area contributed by atoms with Gasteiger partial charge in [-0.2, -0.15) is 0 Å². The van der Waals surface area contributed by atoms with Crippen molar-refractivity contribution in [3.63, 3.8) is 0 Å². The molecule has 0 heterocycles. The van der Waals surface area contributed by atoms with Gasteiger partial charge in [-0.1, -0.05) is 0 Å². The average Bonchev–Trinajstić information content (AvgIpc) is 2.83. The Balaban J connectivity index is 0.00000144. The summed E-state index contributed by atoms with van der Waals surface area (Å²) in [6, 6.07) is 11.2. The van der Waals surface area contributed by atoms with Crippen molar-refractivity contribution in [2.24, 2.45) is 0 Å². The maximum atomic E-state index is 2.62. The van der Waals surface area contributed by atoms with E-state index in [-0.39, 0.29) is 30.3 Å². The van der Waals surface area contributed by atoms with E-state index in [1.165, 1.54) is 6.42 Å². The molecule has 0 amide bonds. The smallest absolute Gasteiger partial charge is 0.147 e. The molecule has 18 heavy (non-hydrogen) atoms. The summed E-state index contributed by atoms with van der Waals surface area (Å²) in [5.74, 6) is 0. The fraction of sp³-hybridized carbons (Fsp3) is 0.286. The minimum absolute atomic E-state index is 0. The van der Waals surface area contributed by atoms with E-state index in [1.807, 2.05) is 3.33 Å². The first kappa shape index (κ1) is 18.4. The molecule has 0 nitrogen and oxygen atoms in total. The number of benzene rings is 1. The third kappa shape index (κ3) is 3.93. The number of halogens is 2. The second-order valence-corrected chi connectivity index (χ2v) is 39.1. The molecule has 99 valence electrons. The third-order valence-corrected chi connectivity index (χ3v) is 39.8. The molecule has 0 saturated heterocycles. The zero-order valence-corrected chi connectivity index (χ0v) is 17.4. The summed E-state index contributed by atoms with van der Waals surface area (Å²) in [6.07, 6.45) is 8.20. The molecule has 0 aliphatic heterocycles. The Morgan fingerprint density at radius 2 is 1.67 bits per heavy atom. The van der Waals surface area contributed by atoms with Crippen LogP contribution in [0.3, 0.4) is 0 Å². The maximum absolute atomic E-state index is 2.62. The van der Waals surface area contributed by atoms with Crippen molar-refractivity contribution in [3.05, 3.63) is 51.9 Å². The predicted octanol–water partition coefficient (Wildman–Crippen LogP) is 4.45.